The molecule has 1 aliphatic carbocycles. The summed E-state index contributed by atoms with van der Waals surface area (Å²) < 4.78 is 23.9. The quantitative estimate of drug-likeness (QED) is 0.267. The first-order valence-corrected chi connectivity index (χ1v) is 16.0. The molecule has 0 bridgehead atoms. The highest BCUT2D eigenvalue weighted by Gasteiger charge is 2.28. The Hall–Kier alpha value is -2.95. The Morgan fingerprint density at radius 1 is 1.15 bits per heavy atom. The number of aryl methyl sites for hydroxylation is 1. The number of amides is 2. The molecule has 39 heavy (non-hydrogen) atoms. The van der Waals surface area contributed by atoms with Gasteiger partial charge in [-0.05, 0) is 62.6 Å². The van der Waals surface area contributed by atoms with Crippen LogP contribution in [0.3, 0.4) is 0 Å². The molecule has 3 aromatic rings. The smallest absolute Gasteiger partial charge is 0.262 e. The third-order valence-corrected chi connectivity index (χ3v) is 9.48. The molecule has 8 nitrogen and oxygen atoms in total. The van der Waals surface area contributed by atoms with Gasteiger partial charge < -0.3 is 16.0 Å². The monoisotopic (exact) mass is 588 g/mol. The number of benzene rings is 1. The summed E-state index contributed by atoms with van der Waals surface area (Å²) in [5.74, 6) is -0.334. The minimum Gasteiger partial charge on any atom is -0.376 e. The SMILES string of the molecule is Cc1ncc(Cl)cc1N[C@@H](C)c1ccc(C(=O)N[C@@H](CC2CCCC2)C(=O)Nc2cccc(S(C)(=O)=O)c2)s1. The van der Waals surface area contributed by atoms with Gasteiger partial charge in [0.1, 0.15) is 6.04 Å². The summed E-state index contributed by atoms with van der Waals surface area (Å²) in [6.45, 7) is 3.89. The molecule has 2 heterocycles. The van der Waals surface area contributed by atoms with Crippen LogP contribution in [0.4, 0.5) is 11.4 Å². The summed E-state index contributed by atoms with van der Waals surface area (Å²) in [5, 5.41) is 9.67. The minimum absolute atomic E-state index is 0.0878. The molecule has 3 N–H and O–H groups in total. The number of sulfone groups is 1. The van der Waals surface area contributed by atoms with Crippen molar-refractivity contribution in [1.82, 2.24) is 10.3 Å². The van der Waals surface area contributed by atoms with Gasteiger partial charge >= 0.3 is 0 Å². The van der Waals surface area contributed by atoms with E-state index >= 15 is 0 Å². The Balaban J connectivity index is 1.46. The van der Waals surface area contributed by atoms with Crippen molar-refractivity contribution in [2.45, 2.75) is 62.9 Å². The van der Waals surface area contributed by atoms with Crippen LogP contribution < -0.4 is 16.0 Å². The van der Waals surface area contributed by atoms with E-state index < -0.39 is 15.9 Å². The van der Waals surface area contributed by atoms with Crippen molar-refractivity contribution in [2.24, 2.45) is 5.92 Å². The first-order valence-electron chi connectivity index (χ1n) is 12.9. The molecule has 1 fully saturated rings. The van der Waals surface area contributed by atoms with Crippen molar-refractivity contribution in [2.75, 3.05) is 16.9 Å². The summed E-state index contributed by atoms with van der Waals surface area (Å²) in [7, 11) is -3.42. The number of thiophene rings is 1. The van der Waals surface area contributed by atoms with Crippen molar-refractivity contribution in [3.8, 4) is 0 Å². The van der Waals surface area contributed by atoms with Crippen LogP contribution in [0.2, 0.25) is 5.02 Å². The molecule has 1 aromatic carbocycles. The summed E-state index contributed by atoms with van der Waals surface area (Å²) in [4.78, 5) is 32.4. The number of carbonyl (C=O) groups excluding carboxylic acids is 2. The average Bonchev–Trinajstić information content (AvgIpc) is 3.58. The lowest BCUT2D eigenvalue weighted by Gasteiger charge is -2.21. The number of hydrogen-bond acceptors (Lipinski definition) is 7. The summed E-state index contributed by atoms with van der Waals surface area (Å²) in [6, 6.07) is 10.8. The normalized spacial score (nSPS) is 15.5. The molecule has 0 spiro atoms. The van der Waals surface area contributed by atoms with E-state index in [1.54, 1.807) is 24.4 Å². The highest BCUT2D eigenvalue weighted by molar-refractivity contribution is 7.90. The number of rotatable bonds is 10. The van der Waals surface area contributed by atoms with Gasteiger partial charge in [-0.15, -0.1) is 11.3 Å². The van der Waals surface area contributed by atoms with E-state index in [-0.39, 0.29) is 22.8 Å². The highest BCUT2D eigenvalue weighted by Crippen LogP contribution is 2.31. The van der Waals surface area contributed by atoms with Crippen molar-refractivity contribution in [3.63, 3.8) is 0 Å². The number of anilines is 2. The zero-order valence-corrected chi connectivity index (χ0v) is 24.5. The van der Waals surface area contributed by atoms with Gasteiger partial charge in [0, 0.05) is 23.0 Å². The van der Waals surface area contributed by atoms with Gasteiger partial charge in [-0.25, -0.2) is 8.42 Å². The molecule has 0 unspecified atom stereocenters. The van der Waals surface area contributed by atoms with Gasteiger partial charge in [0.2, 0.25) is 5.91 Å². The topological polar surface area (TPSA) is 117 Å². The van der Waals surface area contributed by atoms with Crippen LogP contribution in [0.1, 0.15) is 65.3 Å². The fourth-order valence-electron chi connectivity index (χ4n) is 4.74. The van der Waals surface area contributed by atoms with E-state index in [0.717, 1.165) is 48.2 Å². The second kappa shape index (κ2) is 12.5. The van der Waals surface area contributed by atoms with E-state index in [4.69, 9.17) is 11.6 Å². The molecule has 1 aliphatic rings. The van der Waals surface area contributed by atoms with Crippen LogP contribution in [0.15, 0.2) is 53.6 Å². The second-order valence-electron chi connectivity index (χ2n) is 10.1. The Bertz CT molecular complexity index is 1450. The molecular formula is C28H33ClN4O4S2. The third-order valence-electron chi connectivity index (χ3n) is 6.90. The first kappa shape index (κ1) is 29.0. The lowest BCUT2D eigenvalue weighted by Crippen LogP contribution is -2.44. The molecule has 11 heteroatoms. The number of halogens is 1. The lowest BCUT2D eigenvalue weighted by atomic mass is 9.97. The van der Waals surface area contributed by atoms with Crippen molar-refractivity contribution >= 4 is 56.0 Å². The maximum Gasteiger partial charge on any atom is 0.262 e. The van der Waals surface area contributed by atoms with E-state index in [0.29, 0.717) is 27.9 Å². The zero-order valence-electron chi connectivity index (χ0n) is 22.2. The number of hydrogen-bond donors (Lipinski definition) is 3. The zero-order chi connectivity index (χ0) is 28.2. The third kappa shape index (κ3) is 7.80. The summed E-state index contributed by atoms with van der Waals surface area (Å²) in [6.07, 6.45) is 7.52. The van der Waals surface area contributed by atoms with E-state index in [1.165, 1.54) is 23.5 Å². The van der Waals surface area contributed by atoms with Crippen LogP contribution in [0.25, 0.3) is 0 Å². The highest BCUT2D eigenvalue weighted by atomic mass is 35.5. The predicted octanol–water partition coefficient (Wildman–Crippen LogP) is 6.00. The predicted molar refractivity (Wildman–Crippen MR) is 156 cm³/mol. The number of nitrogens with zero attached hydrogens (tertiary/aromatic N) is 1. The fourth-order valence-corrected chi connectivity index (χ4v) is 6.48. The maximum atomic E-state index is 13.3. The first-order chi connectivity index (χ1) is 18.5. The minimum atomic E-state index is -3.42. The van der Waals surface area contributed by atoms with Crippen LogP contribution in [0.5, 0.6) is 0 Å². The van der Waals surface area contributed by atoms with Gasteiger partial charge in [0.25, 0.3) is 5.91 Å². The summed E-state index contributed by atoms with van der Waals surface area (Å²) >= 11 is 7.45. The summed E-state index contributed by atoms with van der Waals surface area (Å²) in [5.41, 5.74) is 2.02. The van der Waals surface area contributed by atoms with Crippen molar-refractivity contribution < 1.29 is 18.0 Å². The molecule has 0 saturated heterocycles. The molecule has 2 aromatic heterocycles. The van der Waals surface area contributed by atoms with Crippen LogP contribution in [0, 0.1) is 12.8 Å². The molecule has 1 saturated carbocycles. The number of nitrogens with one attached hydrogen (secondary N) is 3. The second-order valence-corrected chi connectivity index (χ2v) is 13.6. The van der Waals surface area contributed by atoms with Crippen LogP contribution >= 0.6 is 22.9 Å². The molecule has 2 amide bonds. The van der Waals surface area contributed by atoms with Crippen LogP contribution in [-0.2, 0) is 14.6 Å². The van der Waals surface area contributed by atoms with E-state index in [2.05, 4.69) is 20.9 Å². The van der Waals surface area contributed by atoms with Crippen molar-refractivity contribution in [3.05, 3.63) is 69.1 Å². The molecular weight excluding hydrogens is 556 g/mol. The molecule has 0 radical (unpaired) electrons. The number of pyridine rings is 1. The molecule has 0 aliphatic heterocycles. The van der Waals surface area contributed by atoms with E-state index in [9.17, 15) is 18.0 Å². The number of aromatic nitrogens is 1. The van der Waals surface area contributed by atoms with E-state index in [1.807, 2.05) is 26.0 Å². The molecule has 2 atom stereocenters. The van der Waals surface area contributed by atoms with Crippen molar-refractivity contribution in [1.29, 1.82) is 0 Å². The standard InChI is InChI=1S/C28H33ClN4O4S2/c1-17-23(14-20(29)16-30-17)31-18(2)25-11-12-26(38-25)28(35)33-24(13-19-7-4-5-8-19)27(34)32-21-9-6-10-22(15-21)39(3,36)37/h6,9-12,14-16,18-19,24,31H,4-5,7-8,13H2,1-3H3,(H,32,34)(H,33,35)/t18-,24-/m0/s1. The fraction of sp³-hybridized carbons (Fsp3) is 0.393. The molecule has 4 rings (SSSR count). The number of carbonyl (C=O) groups is 2. The maximum absolute atomic E-state index is 13.3. The van der Waals surface area contributed by atoms with Gasteiger partial charge in [-0.1, -0.05) is 43.4 Å². The average molecular weight is 589 g/mol. The Labute approximate surface area is 238 Å². The molecule has 208 valence electrons. The largest absolute Gasteiger partial charge is 0.376 e. The van der Waals surface area contributed by atoms with Gasteiger partial charge in [-0.3, -0.25) is 14.6 Å². The Kier molecular flexibility index (Phi) is 9.30. The van der Waals surface area contributed by atoms with Gasteiger partial charge in [0.05, 0.1) is 32.2 Å². The Morgan fingerprint density at radius 2 is 1.90 bits per heavy atom. The lowest BCUT2D eigenvalue weighted by molar-refractivity contribution is -0.118. The van der Waals surface area contributed by atoms with Gasteiger partial charge in [0.15, 0.2) is 9.84 Å². The van der Waals surface area contributed by atoms with Crippen LogP contribution in [-0.4, -0.2) is 37.5 Å². The van der Waals surface area contributed by atoms with Gasteiger partial charge in [-0.2, -0.15) is 0 Å². The Morgan fingerprint density at radius 3 is 2.62 bits per heavy atom.